The van der Waals surface area contributed by atoms with Crippen molar-refractivity contribution in [2.24, 2.45) is 0 Å². The van der Waals surface area contributed by atoms with Gasteiger partial charge in [0.05, 0.1) is 25.0 Å². The number of benzene rings is 1. The first-order valence-corrected chi connectivity index (χ1v) is 10.9. The molecule has 1 aliphatic rings. The molecule has 0 heterocycles. The zero-order valence-corrected chi connectivity index (χ0v) is 16.7. The van der Waals surface area contributed by atoms with Crippen LogP contribution in [-0.4, -0.2) is 63.9 Å². The molecule has 0 radical (unpaired) electrons. The van der Waals surface area contributed by atoms with Crippen LogP contribution < -0.4 is 20.7 Å². The highest BCUT2D eigenvalue weighted by molar-refractivity contribution is 7.90. The fourth-order valence-corrected chi connectivity index (χ4v) is 3.13. The Morgan fingerprint density at radius 3 is 2.50 bits per heavy atom. The van der Waals surface area contributed by atoms with Gasteiger partial charge in [0.2, 0.25) is 11.8 Å². The van der Waals surface area contributed by atoms with Gasteiger partial charge in [-0.05, 0) is 31.4 Å². The quantitative estimate of drug-likeness (QED) is 0.481. The Hall–Kier alpha value is -2.62. The fourth-order valence-electron chi connectivity index (χ4n) is 2.47. The van der Waals surface area contributed by atoms with E-state index < -0.39 is 27.7 Å². The summed E-state index contributed by atoms with van der Waals surface area (Å²) in [7, 11) is -1.93. The van der Waals surface area contributed by atoms with Crippen molar-refractivity contribution in [3.8, 4) is 5.75 Å². The van der Waals surface area contributed by atoms with Gasteiger partial charge in [-0.15, -0.1) is 0 Å². The van der Waals surface area contributed by atoms with Gasteiger partial charge in [0.25, 0.3) is 5.91 Å². The third-order valence-corrected chi connectivity index (χ3v) is 5.09. The number of carbonyl (C=O) groups excluding carboxylic acids is 3. The molecule has 0 bridgehead atoms. The van der Waals surface area contributed by atoms with Crippen LogP contribution in [0.5, 0.6) is 5.75 Å². The number of methoxy groups -OCH3 is 1. The number of hydrogen-bond donors (Lipinski definition) is 3. The average Bonchev–Trinajstić information content (AvgIpc) is 3.46. The van der Waals surface area contributed by atoms with Crippen LogP contribution in [0.25, 0.3) is 0 Å². The topological polar surface area (TPSA) is 131 Å². The minimum absolute atomic E-state index is 0.115. The van der Waals surface area contributed by atoms with Crippen LogP contribution in [-0.2, 0) is 19.4 Å². The van der Waals surface area contributed by atoms with Crippen LogP contribution in [0.4, 0.5) is 0 Å². The summed E-state index contributed by atoms with van der Waals surface area (Å²) in [4.78, 5) is 36.8. The molecular formula is C18H25N3O6S. The van der Waals surface area contributed by atoms with Crippen molar-refractivity contribution in [3.05, 3.63) is 29.8 Å². The molecule has 1 aromatic rings. The molecule has 1 fully saturated rings. The van der Waals surface area contributed by atoms with Gasteiger partial charge in [0.15, 0.2) is 0 Å². The summed E-state index contributed by atoms with van der Waals surface area (Å²) in [5, 5.41) is 7.71. The molecule has 0 spiro atoms. The summed E-state index contributed by atoms with van der Waals surface area (Å²) in [6, 6.07) is 5.52. The van der Waals surface area contributed by atoms with Gasteiger partial charge < -0.3 is 20.7 Å². The number of sulfone groups is 1. The maximum atomic E-state index is 12.6. The van der Waals surface area contributed by atoms with Gasteiger partial charge in [0, 0.05) is 12.3 Å². The Bertz CT molecular complexity index is 835. The summed E-state index contributed by atoms with van der Waals surface area (Å²) in [6.07, 6.45) is 2.78. The van der Waals surface area contributed by atoms with Crippen LogP contribution in [0.3, 0.4) is 0 Å². The van der Waals surface area contributed by atoms with Crippen LogP contribution in [0.2, 0.25) is 0 Å². The van der Waals surface area contributed by atoms with E-state index in [1.165, 1.54) is 13.2 Å². The van der Waals surface area contributed by atoms with Gasteiger partial charge in [-0.2, -0.15) is 0 Å². The van der Waals surface area contributed by atoms with E-state index in [4.69, 9.17) is 4.74 Å². The molecule has 0 aromatic heterocycles. The Balaban J connectivity index is 2.03. The first kappa shape index (κ1) is 21.7. The molecule has 1 saturated carbocycles. The van der Waals surface area contributed by atoms with Crippen LogP contribution in [0.1, 0.15) is 29.6 Å². The number of ether oxygens (including phenoxy) is 1. The molecule has 3 amide bonds. The van der Waals surface area contributed by atoms with E-state index in [0.29, 0.717) is 5.75 Å². The monoisotopic (exact) mass is 411 g/mol. The van der Waals surface area contributed by atoms with Crippen LogP contribution in [0.15, 0.2) is 24.3 Å². The van der Waals surface area contributed by atoms with Crippen molar-refractivity contribution in [2.75, 3.05) is 25.7 Å². The second kappa shape index (κ2) is 9.54. The van der Waals surface area contributed by atoms with E-state index in [2.05, 4.69) is 16.0 Å². The average molecular weight is 411 g/mol. The lowest BCUT2D eigenvalue weighted by Gasteiger charge is -2.19. The summed E-state index contributed by atoms with van der Waals surface area (Å²) in [5.41, 5.74) is 0.216. The molecule has 2 rings (SSSR count). The lowest BCUT2D eigenvalue weighted by molar-refractivity contribution is -0.127. The van der Waals surface area contributed by atoms with Crippen molar-refractivity contribution in [1.82, 2.24) is 16.0 Å². The first-order valence-electron chi connectivity index (χ1n) is 8.88. The Kier molecular flexibility index (Phi) is 7.38. The number of para-hydroxylation sites is 1. The van der Waals surface area contributed by atoms with Gasteiger partial charge in [-0.1, -0.05) is 12.1 Å². The minimum atomic E-state index is -3.34. The van der Waals surface area contributed by atoms with Crippen molar-refractivity contribution < 1.29 is 27.5 Å². The second-order valence-corrected chi connectivity index (χ2v) is 8.96. The largest absolute Gasteiger partial charge is 0.496 e. The fraction of sp³-hybridized carbons (Fsp3) is 0.500. The molecule has 1 aromatic carbocycles. The number of carbonyl (C=O) groups is 3. The van der Waals surface area contributed by atoms with E-state index in [9.17, 15) is 22.8 Å². The van der Waals surface area contributed by atoms with Gasteiger partial charge >= 0.3 is 0 Å². The predicted molar refractivity (Wildman–Crippen MR) is 103 cm³/mol. The third kappa shape index (κ3) is 7.18. The number of nitrogens with one attached hydrogen (secondary N) is 3. The maximum absolute atomic E-state index is 12.6. The smallest absolute Gasteiger partial charge is 0.255 e. The first-order chi connectivity index (χ1) is 13.2. The van der Waals surface area contributed by atoms with Gasteiger partial charge in [0.1, 0.15) is 21.6 Å². The van der Waals surface area contributed by atoms with Crippen molar-refractivity contribution in [2.45, 2.75) is 31.3 Å². The van der Waals surface area contributed by atoms with Crippen molar-refractivity contribution in [1.29, 1.82) is 0 Å². The van der Waals surface area contributed by atoms with E-state index in [1.54, 1.807) is 18.2 Å². The normalized spacial score (nSPS) is 14.6. The molecule has 0 saturated heterocycles. The minimum Gasteiger partial charge on any atom is -0.496 e. The SMILES string of the molecule is COc1ccccc1C(=O)N[C@@H](CCS(C)(=O)=O)C(=O)NCC(=O)NC1CC1. The molecule has 3 N–H and O–H groups in total. The molecule has 1 atom stereocenters. The Morgan fingerprint density at radius 1 is 1.21 bits per heavy atom. The van der Waals surface area contributed by atoms with E-state index >= 15 is 0 Å². The molecule has 1 aliphatic carbocycles. The third-order valence-electron chi connectivity index (χ3n) is 4.12. The van der Waals surface area contributed by atoms with E-state index in [-0.39, 0.29) is 36.2 Å². The Labute approximate surface area is 164 Å². The highest BCUT2D eigenvalue weighted by Crippen LogP contribution is 2.18. The zero-order valence-electron chi connectivity index (χ0n) is 15.9. The summed E-state index contributed by atoms with van der Waals surface area (Å²) >= 11 is 0. The second-order valence-electron chi connectivity index (χ2n) is 6.70. The van der Waals surface area contributed by atoms with Crippen LogP contribution >= 0.6 is 0 Å². The molecule has 154 valence electrons. The van der Waals surface area contributed by atoms with Gasteiger partial charge in [-0.3, -0.25) is 14.4 Å². The molecular weight excluding hydrogens is 386 g/mol. The molecule has 0 unspecified atom stereocenters. The van der Waals surface area contributed by atoms with Crippen molar-refractivity contribution >= 4 is 27.6 Å². The summed E-state index contributed by atoms with van der Waals surface area (Å²) in [6.45, 7) is -0.241. The standard InChI is InChI=1S/C18H25N3O6S/c1-27-15-6-4-3-5-13(15)17(23)21-14(9-10-28(2,25)26)18(24)19-11-16(22)20-12-7-8-12/h3-6,12,14H,7-11H2,1-2H3,(H,19,24)(H,20,22)(H,21,23)/t14-/m0/s1. The molecule has 0 aliphatic heterocycles. The maximum Gasteiger partial charge on any atom is 0.255 e. The van der Waals surface area contributed by atoms with Crippen LogP contribution in [0, 0.1) is 0 Å². The molecule has 10 heteroatoms. The lowest BCUT2D eigenvalue weighted by atomic mass is 10.1. The summed E-state index contributed by atoms with van der Waals surface area (Å²) in [5.74, 6) is -1.49. The van der Waals surface area contributed by atoms with E-state index in [0.717, 1.165) is 19.1 Å². The van der Waals surface area contributed by atoms with E-state index in [1.807, 2.05) is 0 Å². The van der Waals surface area contributed by atoms with Gasteiger partial charge in [-0.25, -0.2) is 8.42 Å². The number of rotatable bonds is 10. The highest BCUT2D eigenvalue weighted by Gasteiger charge is 2.26. The predicted octanol–water partition coefficient (Wildman–Crippen LogP) is -0.377. The molecule has 9 nitrogen and oxygen atoms in total. The van der Waals surface area contributed by atoms with Crippen molar-refractivity contribution in [3.63, 3.8) is 0 Å². The highest BCUT2D eigenvalue weighted by atomic mass is 32.2. The summed E-state index contributed by atoms with van der Waals surface area (Å²) < 4.78 is 28.1. The zero-order chi connectivity index (χ0) is 20.7. The Morgan fingerprint density at radius 2 is 1.89 bits per heavy atom. The number of hydrogen-bond acceptors (Lipinski definition) is 6. The number of amides is 3. The lowest BCUT2D eigenvalue weighted by Crippen LogP contribution is -2.49. The molecule has 28 heavy (non-hydrogen) atoms.